The van der Waals surface area contributed by atoms with Crippen molar-refractivity contribution in [2.75, 3.05) is 0 Å². The van der Waals surface area contributed by atoms with Crippen molar-refractivity contribution in [3.05, 3.63) is 12.2 Å². The van der Waals surface area contributed by atoms with Crippen LogP contribution in [0.3, 0.4) is 0 Å². The Morgan fingerprint density at radius 2 is 1.77 bits per heavy atom. The number of halogens is 2. The van der Waals surface area contributed by atoms with Crippen molar-refractivity contribution >= 4 is 5.97 Å². The molecule has 0 radical (unpaired) electrons. The zero-order valence-corrected chi connectivity index (χ0v) is 12.9. The highest BCUT2D eigenvalue weighted by molar-refractivity contribution is 5.72. The van der Waals surface area contributed by atoms with Gasteiger partial charge in [-0.15, -0.1) is 0 Å². The van der Waals surface area contributed by atoms with Crippen molar-refractivity contribution in [3.63, 3.8) is 0 Å². The summed E-state index contributed by atoms with van der Waals surface area (Å²) in [4.78, 5) is 12.1. The van der Waals surface area contributed by atoms with Crippen LogP contribution >= 0.6 is 0 Å². The number of rotatable bonds is 3. The highest BCUT2D eigenvalue weighted by Gasteiger charge is 2.41. The molecule has 0 heterocycles. The number of ether oxygens (including phenoxy) is 1. The quantitative estimate of drug-likeness (QED) is 0.587. The molecule has 0 aromatic rings. The topological polar surface area (TPSA) is 50.1 Å². The molecule has 0 aromatic carbocycles. The molecule has 2 aliphatic carbocycles. The average Bonchev–Trinajstić information content (AvgIpc) is 2.48. The molecule has 22 heavy (non-hydrogen) atoms. The Morgan fingerprint density at radius 1 is 1.18 bits per heavy atom. The van der Waals surface area contributed by atoms with Gasteiger partial charge >= 0.3 is 5.97 Å². The largest absolute Gasteiger partial charge is 0.462 e. The zero-order valence-electron chi connectivity index (χ0n) is 12.9. The van der Waals surface area contributed by atoms with E-state index in [2.05, 4.69) is 6.08 Å². The van der Waals surface area contributed by atoms with Crippen LogP contribution < -0.4 is 0 Å². The third-order valence-corrected chi connectivity index (χ3v) is 4.76. The van der Waals surface area contributed by atoms with Crippen molar-refractivity contribution in [1.82, 2.24) is 0 Å². The Hall–Kier alpha value is -1.44. The lowest BCUT2D eigenvalue weighted by atomic mass is 9.81. The molecule has 2 fully saturated rings. The van der Waals surface area contributed by atoms with Crippen molar-refractivity contribution in [2.24, 2.45) is 17.8 Å². The number of esters is 1. The maximum Gasteiger partial charge on any atom is 0.309 e. The van der Waals surface area contributed by atoms with E-state index in [9.17, 15) is 13.6 Å². The van der Waals surface area contributed by atoms with Gasteiger partial charge in [-0.25, -0.2) is 8.78 Å². The molecule has 0 bridgehead atoms. The summed E-state index contributed by atoms with van der Waals surface area (Å²) in [6.45, 7) is 1.98. The van der Waals surface area contributed by atoms with Gasteiger partial charge in [0.2, 0.25) is 0 Å². The first-order valence-corrected chi connectivity index (χ1v) is 8.06. The van der Waals surface area contributed by atoms with Gasteiger partial charge in [0.25, 0.3) is 0 Å². The molecule has 0 N–H and O–H groups in total. The minimum absolute atomic E-state index is 0.0711. The van der Waals surface area contributed by atoms with E-state index in [4.69, 9.17) is 10.00 Å². The normalized spacial score (nSPS) is 39.4. The third kappa shape index (κ3) is 4.06. The maximum absolute atomic E-state index is 13.7. The van der Waals surface area contributed by atoms with Gasteiger partial charge in [0.1, 0.15) is 24.4 Å². The molecule has 0 spiro atoms. The number of carbonyl (C=O) groups excluding carboxylic acids is 1. The highest BCUT2D eigenvalue weighted by Crippen LogP contribution is 2.34. The predicted octanol–water partition coefficient (Wildman–Crippen LogP) is 3.89. The molecule has 2 rings (SSSR count). The summed E-state index contributed by atoms with van der Waals surface area (Å²) in [5.74, 6) is -1.21. The first-order chi connectivity index (χ1) is 10.5. The smallest absolute Gasteiger partial charge is 0.309 e. The first-order valence-electron chi connectivity index (χ1n) is 8.06. The van der Waals surface area contributed by atoms with E-state index >= 15 is 0 Å². The van der Waals surface area contributed by atoms with E-state index in [0.29, 0.717) is 5.92 Å². The maximum atomic E-state index is 13.7. The molecule has 3 nitrogen and oxygen atoms in total. The first kappa shape index (κ1) is 16.9. The molecular weight excluding hydrogens is 288 g/mol. The number of allylic oxidation sites excluding steroid dienone is 2. The number of nitriles is 1. The van der Waals surface area contributed by atoms with Gasteiger partial charge < -0.3 is 4.74 Å². The molecule has 5 heteroatoms. The number of alkyl halides is 2. The molecule has 2 atom stereocenters. The van der Waals surface area contributed by atoms with Gasteiger partial charge in [0.15, 0.2) is 0 Å². The SMILES string of the molecule is CC=CC1CCC(C(=O)OC2CC(F)C(C#N)C(F)C2)CC1. The van der Waals surface area contributed by atoms with Gasteiger partial charge in [-0.05, 0) is 38.5 Å². The van der Waals surface area contributed by atoms with Crippen molar-refractivity contribution in [2.45, 2.75) is 63.9 Å². The van der Waals surface area contributed by atoms with E-state index in [1.54, 1.807) is 6.07 Å². The highest BCUT2D eigenvalue weighted by atomic mass is 19.1. The Morgan fingerprint density at radius 3 is 2.27 bits per heavy atom. The molecular formula is C17H23F2NO2. The molecule has 0 saturated heterocycles. The summed E-state index contributed by atoms with van der Waals surface area (Å²) in [5.41, 5.74) is 0. The fraction of sp³-hybridized carbons (Fsp3) is 0.765. The minimum Gasteiger partial charge on any atom is -0.462 e. The van der Waals surface area contributed by atoms with Crippen LogP contribution in [0.1, 0.15) is 45.4 Å². The second-order valence-corrected chi connectivity index (χ2v) is 6.35. The lowest BCUT2D eigenvalue weighted by Crippen LogP contribution is -2.40. The molecule has 0 amide bonds. The van der Waals surface area contributed by atoms with Crippen LogP contribution in [-0.2, 0) is 9.53 Å². The number of hydrogen-bond donors (Lipinski definition) is 0. The van der Waals surface area contributed by atoms with E-state index < -0.39 is 24.4 Å². The molecule has 2 aliphatic rings. The van der Waals surface area contributed by atoms with Crippen LogP contribution in [0.15, 0.2) is 12.2 Å². The van der Waals surface area contributed by atoms with Gasteiger partial charge in [0, 0.05) is 12.8 Å². The number of carbonyl (C=O) groups is 1. The van der Waals surface area contributed by atoms with Gasteiger partial charge in [-0.2, -0.15) is 5.26 Å². The van der Waals surface area contributed by atoms with E-state index in [1.807, 2.05) is 13.0 Å². The van der Waals surface area contributed by atoms with E-state index in [-0.39, 0.29) is 24.7 Å². The predicted molar refractivity (Wildman–Crippen MR) is 78.3 cm³/mol. The van der Waals surface area contributed by atoms with Crippen molar-refractivity contribution < 1.29 is 18.3 Å². The van der Waals surface area contributed by atoms with Crippen LogP contribution in [0, 0.1) is 29.1 Å². The monoisotopic (exact) mass is 311 g/mol. The lowest BCUT2D eigenvalue weighted by molar-refractivity contribution is -0.159. The second kappa shape index (κ2) is 7.71. The molecule has 2 saturated carbocycles. The van der Waals surface area contributed by atoms with Crippen LogP contribution in [0.2, 0.25) is 0 Å². The zero-order chi connectivity index (χ0) is 16.1. The van der Waals surface area contributed by atoms with E-state index in [1.165, 1.54) is 0 Å². The summed E-state index contributed by atoms with van der Waals surface area (Å²) in [6.07, 6.45) is 3.61. The second-order valence-electron chi connectivity index (χ2n) is 6.35. The van der Waals surface area contributed by atoms with Crippen molar-refractivity contribution in [1.29, 1.82) is 5.26 Å². The minimum atomic E-state index is -1.56. The molecule has 122 valence electrons. The Kier molecular flexibility index (Phi) is 5.93. The fourth-order valence-corrected chi connectivity index (χ4v) is 3.46. The number of nitrogens with zero attached hydrogens (tertiary/aromatic N) is 1. The summed E-state index contributed by atoms with van der Waals surface area (Å²) in [5, 5.41) is 8.73. The van der Waals surface area contributed by atoms with Gasteiger partial charge in [-0.3, -0.25) is 4.79 Å². The molecule has 0 aliphatic heterocycles. The van der Waals surface area contributed by atoms with Crippen LogP contribution in [0.5, 0.6) is 0 Å². The molecule has 2 unspecified atom stereocenters. The van der Waals surface area contributed by atoms with Crippen LogP contribution in [0.4, 0.5) is 8.78 Å². The van der Waals surface area contributed by atoms with Crippen molar-refractivity contribution in [3.8, 4) is 6.07 Å². The van der Waals surface area contributed by atoms with Gasteiger partial charge in [0.05, 0.1) is 12.0 Å². The van der Waals surface area contributed by atoms with Crippen LogP contribution in [-0.4, -0.2) is 24.4 Å². The lowest BCUT2D eigenvalue weighted by Gasteiger charge is -2.32. The summed E-state index contributed by atoms with van der Waals surface area (Å²) < 4.78 is 32.7. The Labute approximate surface area is 130 Å². The molecule has 0 aromatic heterocycles. The summed E-state index contributed by atoms with van der Waals surface area (Å²) in [7, 11) is 0. The Balaban J connectivity index is 1.82. The standard InChI is InChI=1S/C17H23F2NO2/c1-2-3-11-4-6-12(7-5-11)17(21)22-13-8-15(18)14(10-20)16(19)9-13/h2-3,11-16H,4-9H2,1H3. The van der Waals surface area contributed by atoms with Gasteiger partial charge in [-0.1, -0.05) is 12.2 Å². The summed E-state index contributed by atoms with van der Waals surface area (Å²) >= 11 is 0. The average molecular weight is 311 g/mol. The van der Waals surface area contributed by atoms with E-state index in [0.717, 1.165) is 25.7 Å². The van der Waals surface area contributed by atoms with Crippen LogP contribution in [0.25, 0.3) is 0 Å². The Bertz CT molecular complexity index is 440. The summed E-state index contributed by atoms with van der Waals surface area (Å²) in [6, 6.07) is 1.66. The third-order valence-electron chi connectivity index (χ3n) is 4.76. The fourth-order valence-electron chi connectivity index (χ4n) is 3.46. The number of hydrogen-bond acceptors (Lipinski definition) is 3.